The van der Waals surface area contributed by atoms with Gasteiger partial charge in [-0.1, -0.05) is 30.3 Å². The summed E-state index contributed by atoms with van der Waals surface area (Å²) in [6.07, 6.45) is 2.45. The zero-order valence-electron chi connectivity index (χ0n) is 16.7. The molecule has 2 heterocycles. The van der Waals surface area contributed by atoms with Gasteiger partial charge < -0.3 is 34.8 Å². The van der Waals surface area contributed by atoms with Crippen LogP contribution in [0.3, 0.4) is 0 Å². The highest BCUT2D eigenvalue weighted by Crippen LogP contribution is 2.36. The highest BCUT2D eigenvalue weighted by atomic mass is 31.2. The molecule has 13 heteroatoms. The molecule has 168 valence electrons. The van der Waals surface area contributed by atoms with E-state index in [2.05, 4.69) is 9.97 Å². The van der Waals surface area contributed by atoms with Crippen molar-refractivity contribution >= 4 is 32.0 Å². The lowest BCUT2D eigenvalue weighted by atomic mass is 10.1. The largest absolute Gasteiger partial charge is 0.383 e. The Balaban J connectivity index is 1.86. The summed E-state index contributed by atoms with van der Waals surface area (Å²) in [7, 11) is -8.48. The zero-order chi connectivity index (χ0) is 22.6. The van der Waals surface area contributed by atoms with Gasteiger partial charge in [-0.15, -0.1) is 0 Å². The first-order valence-corrected chi connectivity index (χ1v) is 13.1. The van der Waals surface area contributed by atoms with Gasteiger partial charge in [-0.3, -0.25) is 9.13 Å². The van der Waals surface area contributed by atoms with Crippen LogP contribution in [0.25, 0.3) is 22.2 Å². The molecule has 1 aromatic carbocycles. The molecule has 0 unspecified atom stereocenters. The van der Waals surface area contributed by atoms with Gasteiger partial charge >= 0.3 is 15.2 Å². The molecule has 11 nitrogen and oxygen atoms in total. The van der Waals surface area contributed by atoms with Gasteiger partial charge in [0.15, 0.2) is 0 Å². The number of hydrogen-bond donors (Lipinski definition) is 5. The molecule has 0 aliphatic heterocycles. The van der Waals surface area contributed by atoms with Crippen LogP contribution in [-0.4, -0.2) is 71.0 Å². The van der Waals surface area contributed by atoms with E-state index in [-0.39, 0.29) is 13.1 Å². The van der Waals surface area contributed by atoms with Crippen molar-refractivity contribution in [3.8, 4) is 11.1 Å². The Morgan fingerprint density at radius 2 is 1.55 bits per heavy atom. The quantitative estimate of drug-likeness (QED) is 0.272. The number of fused-ring (bicyclic) bond motifs is 1. The topological polar surface area (TPSA) is 175 Å². The molecule has 0 amide bonds. The fourth-order valence-electron chi connectivity index (χ4n) is 3.28. The van der Waals surface area contributed by atoms with E-state index in [4.69, 9.17) is 5.73 Å². The maximum Gasteiger partial charge on any atom is 0.326 e. The summed E-state index contributed by atoms with van der Waals surface area (Å²) in [4.78, 5) is 46.8. The van der Waals surface area contributed by atoms with E-state index in [0.29, 0.717) is 29.9 Å². The predicted octanol–water partition coefficient (Wildman–Crippen LogP) is 1.34. The lowest BCUT2D eigenvalue weighted by molar-refractivity contribution is 0.275. The molecule has 0 aliphatic rings. The van der Waals surface area contributed by atoms with E-state index in [1.54, 1.807) is 4.90 Å². The molecule has 6 N–H and O–H groups in total. The van der Waals surface area contributed by atoms with E-state index in [1.807, 2.05) is 41.1 Å². The number of nitrogens with zero attached hydrogens (tertiary/aromatic N) is 4. The maximum atomic E-state index is 11.3. The summed E-state index contributed by atoms with van der Waals surface area (Å²) in [5, 5.41) is 0.700. The average molecular weight is 469 g/mol. The molecule has 3 aromatic rings. The minimum Gasteiger partial charge on any atom is -0.383 e. The van der Waals surface area contributed by atoms with Crippen molar-refractivity contribution in [1.29, 1.82) is 0 Å². The van der Waals surface area contributed by atoms with Gasteiger partial charge in [0.25, 0.3) is 0 Å². The van der Waals surface area contributed by atoms with Crippen molar-refractivity contribution in [2.45, 2.75) is 6.54 Å². The Hall–Kier alpha value is -2.10. The number of nitrogens with two attached hydrogens (primary N) is 1. The molecule has 0 aliphatic carbocycles. The van der Waals surface area contributed by atoms with Gasteiger partial charge in [0, 0.05) is 37.9 Å². The van der Waals surface area contributed by atoms with Crippen molar-refractivity contribution < 1.29 is 28.7 Å². The Bertz CT molecular complexity index is 1100. The third-order valence-electron chi connectivity index (χ3n) is 4.84. The standard InChI is InChI=1S/C18H25N5O6P2/c19-17-16-15(14-4-2-1-3-5-14)12-23(18(16)21-13-20-17)7-6-22(8-10-30(24,25)26)9-11-31(27,28)29/h1-5,12-13H,6-11H2,(H2,19,20,21)(H2,24,25,26)(H2,27,28,29). The molecule has 0 radical (unpaired) electrons. The van der Waals surface area contributed by atoms with Crippen LogP contribution < -0.4 is 5.73 Å². The number of benzene rings is 1. The monoisotopic (exact) mass is 469 g/mol. The molecule has 0 fully saturated rings. The van der Waals surface area contributed by atoms with E-state index < -0.39 is 27.5 Å². The third kappa shape index (κ3) is 6.69. The first-order chi connectivity index (χ1) is 14.5. The van der Waals surface area contributed by atoms with Crippen LogP contribution in [0.4, 0.5) is 5.82 Å². The van der Waals surface area contributed by atoms with Crippen LogP contribution >= 0.6 is 15.2 Å². The summed E-state index contributed by atoms with van der Waals surface area (Å²) in [6.45, 7) is 0.697. The van der Waals surface area contributed by atoms with Gasteiger partial charge in [0.1, 0.15) is 17.8 Å². The predicted molar refractivity (Wildman–Crippen MR) is 118 cm³/mol. The SMILES string of the molecule is Nc1ncnc2c1c(-c1ccccc1)cn2CCN(CCP(=O)(O)O)CCP(=O)(O)O. The van der Waals surface area contributed by atoms with Crippen LogP contribution in [0.5, 0.6) is 0 Å². The van der Waals surface area contributed by atoms with Gasteiger partial charge in [0.05, 0.1) is 17.7 Å². The Labute approximate surface area is 178 Å². The lowest BCUT2D eigenvalue weighted by Crippen LogP contribution is -2.32. The number of hydrogen-bond acceptors (Lipinski definition) is 6. The highest BCUT2D eigenvalue weighted by molar-refractivity contribution is 7.52. The van der Waals surface area contributed by atoms with Crippen LogP contribution in [0, 0.1) is 0 Å². The smallest absolute Gasteiger partial charge is 0.326 e. The number of aromatic nitrogens is 3. The molecule has 0 saturated carbocycles. The summed E-state index contributed by atoms with van der Waals surface area (Å²) in [6, 6.07) is 9.60. The van der Waals surface area contributed by atoms with Gasteiger partial charge in [-0.2, -0.15) is 0 Å². The maximum absolute atomic E-state index is 11.3. The second-order valence-electron chi connectivity index (χ2n) is 7.18. The van der Waals surface area contributed by atoms with Crippen LogP contribution in [0.1, 0.15) is 0 Å². The molecule has 0 atom stereocenters. The van der Waals surface area contributed by atoms with E-state index in [9.17, 15) is 28.7 Å². The summed E-state index contributed by atoms with van der Waals surface area (Å²) in [5.74, 6) is 0.336. The number of rotatable bonds is 10. The molecule has 0 bridgehead atoms. The van der Waals surface area contributed by atoms with Gasteiger partial charge in [-0.05, 0) is 5.56 Å². The minimum atomic E-state index is -4.24. The van der Waals surface area contributed by atoms with Crippen molar-refractivity contribution in [2.24, 2.45) is 0 Å². The summed E-state index contributed by atoms with van der Waals surface area (Å²) < 4.78 is 24.4. The first-order valence-electron chi connectivity index (χ1n) is 9.50. The fraction of sp³-hybridized carbons (Fsp3) is 0.333. The van der Waals surface area contributed by atoms with Crippen molar-refractivity contribution in [3.05, 3.63) is 42.9 Å². The first kappa shape index (κ1) is 23.6. The lowest BCUT2D eigenvalue weighted by Gasteiger charge is -2.23. The molecule has 31 heavy (non-hydrogen) atoms. The van der Waals surface area contributed by atoms with Gasteiger partial charge in [-0.25, -0.2) is 9.97 Å². The Morgan fingerprint density at radius 3 is 2.13 bits per heavy atom. The number of nitrogen functional groups attached to an aromatic ring is 1. The normalized spacial score (nSPS) is 12.7. The Kier molecular flexibility index (Phi) is 7.28. The molecular formula is C18H25N5O6P2. The molecule has 0 saturated heterocycles. The second kappa shape index (κ2) is 9.58. The minimum absolute atomic E-state index is 0.00610. The van der Waals surface area contributed by atoms with Gasteiger partial charge in [0.2, 0.25) is 0 Å². The van der Waals surface area contributed by atoms with E-state index >= 15 is 0 Å². The second-order valence-corrected chi connectivity index (χ2v) is 10.7. The molecule has 0 spiro atoms. The zero-order valence-corrected chi connectivity index (χ0v) is 18.4. The molecular weight excluding hydrogens is 444 g/mol. The van der Waals surface area contributed by atoms with Crippen LogP contribution in [-0.2, 0) is 15.7 Å². The van der Waals surface area contributed by atoms with E-state index in [1.165, 1.54) is 6.33 Å². The number of anilines is 1. The van der Waals surface area contributed by atoms with Crippen molar-refractivity contribution in [3.63, 3.8) is 0 Å². The molecule has 2 aromatic heterocycles. The average Bonchev–Trinajstić information content (AvgIpc) is 3.07. The van der Waals surface area contributed by atoms with Crippen LogP contribution in [0.15, 0.2) is 42.9 Å². The Morgan fingerprint density at radius 1 is 0.935 bits per heavy atom. The highest BCUT2D eigenvalue weighted by Gasteiger charge is 2.20. The summed E-state index contributed by atoms with van der Waals surface area (Å²) in [5.41, 5.74) is 8.50. The van der Waals surface area contributed by atoms with Crippen molar-refractivity contribution in [2.75, 3.05) is 37.7 Å². The van der Waals surface area contributed by atoms with Crippen molar-refractivity contribution in [1.82, 2.24) is 19.4 Å². The third-order valence-corrected chi connectivity index (χ3v) is 6.41. The molecule has 3 rings (SSSR count). The van der Waals surface area contributed by atoms with E-state index in [0.717, 1.165) is 11.1 Å². The fourth-order valence-corrected chi connectivity index (χ4v) is 4.37. The van der Waals surface area contributed by atoms with Crippen LogP contribution in [0.2, 0.25) is 0 Å². The summed E-state index contributed by atoms with van der Waals surface area (Å²) >= 11 is 0.